The number of hydrogen-bond donors (Lipinski definition) is 0. The number of anilines is 1. The van der Waals surface area contributed by atoms with Crippen molar-refractivity contribution in [1.29, 1.82) is 5.26 Å². The molecule has 8 nitrogen and oxygen atoms in total. The fourth-order valence-electron chi connectivity index (χ4n) is 5.56. The lowest BCUT2D eigenvalue weighted by Gasteiger charge is -2.38. The molecule has 0 unspecified atom stereocenters. The number of pyridine rings is 1. The van der Waals surface area contributed by atoms with E-state index in [2.05, 4.69) is 40.1 Å². The Hall–Kier alpha value is -3.91. The van der Waals surface area contributed by atoms with E-state index in [0.717, 1.165) is 61.8 Å². The van der Waals surface area contributed by atoms with Crippen LogP contribution in [0.15, 0.2) is 64.3 Å². The lowest BCUT2D eigenvalue weighted by Crippen LogP contribution is -2.48. The molecule has 10 heteroatoms. The molecule has 2 aliphatic rings. The Kier molecular flexibility index (Phi) is 9.65. The van der Waals surface area contributed by atoms with Gasteiger partial charge in [0.1, 0.15) is 27.5 Å². The van der Waals surface area contributed by atoms with E-state index in [9.17, 15) is 14.9 Å². The quantitative estimate of drug-likeness (QED) is 0.242. The Balaban J connectivity index is 1.48. The monoisotopic (exact) mass is 613 g/mol. The minimum absolute atomic E-state index is 0.111. The SMILES string of the molecule is CCCn1c(N2CCN(Cc3ccccc3)CC2)c(/C=C2/SC(=S)N(Cc3ccc(OC)cc3)C2=O)c(C)c(C#N)c1=O. The van der Waals surface area contributed by atoms with Crippen molar-refractivity contribution in [3.05, 3.63) is 97.7 Å². The van der Waals surface area contributed by atoms with Gasteiger partial charge in [0, 0.05) is 44.8 Å². The van der Waals surface area contributed by atoms with Crippen molar-refractivity contribution in [2.24, 2.45) is 0 Å². The molecule has 0 aliphatic carbocycles. The van der Waals surface area contributed by atoms with E-state index in [1.54, 1.807) is 23.5 Å². The number of ether oxygens (including phenoxy) is 1. The van der Waals surface area contributed by atoms with Crippen LogP contribution < -0.4 is 15.2 Å². The Bertz CT molecular complexity index is 1640. The van der Waals surface area contributed by atoms with E-state index in [1.807, 2.05) is 43.3 Å². The van der Waals surface area contributed by atoms with Gasteiger partial charge in [0.25, 0.3) is 11.5 Å². The van der Waals surface area contributed by atoms with Gasteiger partial charge in [-0.05, 0) is 48.2 Å². The molecule has 222 valence electrons. The second-order valence-corrected chi connectivity index (χ2v) is 12.3. The number of aromatic nitrogens is 1. The molecule has 3 aromatic rings. The first-order valence-corrected chi connectivity index (χ1v) is 15.6. The molecule has 0 atom stereocenters. The van der Waals surface area contributed by atoms with Gasteiger partial charge >= 0.3 is 0 Å². The third kappa shape index (κ3) is 6.54. The molecule has 0 bridgehead atoms. The first kappa shape index (κ1) is 30.5. The van der Waals surface area contributed by atoms with Crippen LogP contribution in [0.1, 0.15) is 41.2 Å². The summed E-state index contributed by atoms with van der Waals surface area (Å²) in [5, 5.41) is 9.98. The maximum absolute atomic E-state index is 13.7. The summed E-state index contributed by atoms with van der Waals surface area (Å²) in [6, 6.07) is 20.1. The van der Waals surface area contributed by atoms with Crippen molar-refractivity contribution >= 4 is 46.1 Å². The number of nitriles is 1. The summed E-state index contributed by atoms with van der Waals surface area (Å²) in [5.74, 6) is 1.33. The maximum Gasteiger partial charge on any atom is 0.270 e. The van der Waals surface area contributed by atoms with Crippen LogP contribution in [-0.4, -0.2) is 57.9 Å². The summed E-state index contributed by atoms with van der Waals surface area (Å²) in [5.41, 5.74) is 3.35. The van der Waals surface area contributed by atoms with E-state index in [4.69, 9.17) is 17.0 Å². The summed E-state index contributed by atoms with van der Waals surface area (Å²) in [6.07, 6.45) is 2.57. The number of hydrogen-bond acceptors (Lipinski definition) is 8. The lowest BCUT2D eigenvalue weighted by molar-refractivity contribution is -0.122. The molecule has 1 amide bonds. The summed E-state index contributed by atoms with van der Waals surface area (Å²) in [6.45, 7) is 8.62. The molecular weight excluding hydrogens is 579 g/mol. The predicted octanol–water partition coefficient (Wildman–Crippen LogP) is 5.17. The minimum atomic E-state index is -0.284. The van der Waals surface area contributed by atoms with Gasteiger partial charge in [0.15, 0.2) is 0 Å². The van der Waals surface area contributed by atoms with Gasteiger partial charge in [0.2, 0.25) is 0 Å². The van der Waals surface area contributed by atoms with Crippen molar-refractivity contribution < 1.29 is 9.53 Å². The molecule has 2 aliphatic heterocycles. The fraction of sp³-hybridized carbons (Fsp3) is 0.333. The van der Waals surface area contributed by atoms with Crippen LogP contribution in [0, 0.1) is 18.3 Å². The van der Waals surface area contributed by atoms with Crippen molar-refractivity contribution in [1.82, 2.24) is 14.4 Å². The van der Waals surface area contributed by atoms with Gasteiger partial charge in [0.05, 0.1) is 18.6 Å². The standard InChI is InChI=1S/C33H35N5O3S2/c1-4-14-37-30(36-17-15-35(16-18-36)21-24-8-6-5-7-9-24)27(23(2)28(20-34)31(37)39)19-29-32(40)38(33(42)43-29)22-25-10-12-26(41-3)13-11-25/h5-13,19H,4,14-18,21-22H2,1-3H3/b29-19+. The van der Waals surface area contributed by atoms with E-state index in [-0.39, 0.29) is 17.0 Å². The topological polar surface area (TPSA) is 81.8 Å². The van der Waals surface area contributed by atoms with Crippen molar-refractivity contribution in [3.8, 4) is 11.8 Å². The first-order chi connectivity index (χ1) is 20.8. The molecular formula is C33H35N5O3S2. The van der Waals surface area contributed by atoms with Crippen molar-refractivity contribution in [3.63, 3.8) is 0 Å². The van der Waals surface area contributed by atoms with Gasteiger partial charge in [-0.1, -0.05) is 73.4 Å². The predicted molar refractivity (Wildman–Crippen MR) is 176 cm³/mol. The number of thiocarbonyl (C=S) groups is 1. The molecule has 0 saturated carbocycles. The average molecular weight is 614 g/mol. The number of benzene rings is 2. The highest BCUT2D eigenvalue weighted by Gasteiger charge is 2.34. The van der Waals surface area contributed by atoms with Crippen LogP contribution in [-0.2, 0) is 24.4 Å². The van der Waals surface area contributed by atoms with Gasteiger partial charge in [-0.15, -0.1) is 0 Å². The number of methoxy groups -OCH3 is 1. The highest BCUT2D eigenvalue weighted by atomic mass is 32.2. The van der Waals surface area contributed by atoms with E-state index >= 15 is 0 Å². The highest BCUT2D eigenvalue weighted by Crippen LogP contribution is 2.37. The Morgan fingerprint density at radius 2 is 1.67 bits per heavy atom. The average Bonchev–Trinajstić information content (AvgIpc) is 3.28. The molecule has 3 heterocycles. The Morgan fingerprint density at radius 3 is 2.30 bits per heavy atom. The van der Waals surface area contributed by atoms with Gasteiger partial charge in [-0.3, -0.25) is 24.0 Å². The highest BCUT2D eigenvalue weighted by molar-refractivity contribution is 8.26. The zero-order valence-corrected chi connectivity index (χ0v) is 26.3. The summed E-state index contributed by atoms with van der Waals surface area (Å²) >= 11 is 6.89. The summed E-state index contributed by atoms with van der Waals surface area (Å²) in [7, 11) is 1.62. The maximum atomic E-state index is 13.7. The number of carbonyl (C=O) groups is 1. The van der Waals surface area contributed by atoms with Crippen LogP contribution in [0.5, 0.6) is 5.75 Å². The summed E-state index contributed by atoms with van der Waals surface area (Å²) in [4.78, 5) is 33.9. The van der Waals surface area contributed by atoms with E-state index < -0.39 is 0 Å². The Morgan fingerprint density at radius 1 is 1.00 bits per heavy atom. The second kappa shape index (κ2) is 13.6. The Labute approximate surface area is 262 Å². The largest absolute Gasteiger partial charge is 0.497 e. The molecule has 2 saturated heterocycles. The summed E-state index contributed by atoms with van der Waals surface area (Å²) < 4.78 is 7.45. The zero-order chi connectivity index (χ0) is 30.5. The van der Waals surface area contributed by atoms with Crippen molar-refractivity contribution in [2.75, 3.05) is 38.2 Å². The van der Waals surface area contributed by atoms with E-state index in [1.165, 1.54) is 17.3 Å². The number of thioether (sulfide) groups is 1. The van der Waals surface area contributed by atoms with Crippen LogP contribution in [0.3, 0.4) is 0 Å². The second-order valence-electron chi connectivity index (χ2n) is 10.7. The zero-order valence-electron chi connectivity index (χ0n) is 24.7. The van der Waals surface area contributed by atoms with Crippen molar-refractivity contribution in [2.45, 2.75) is 39.9 Å². The fourth-order valence-corrected chi connectivity index (χ4v) is 6.79. The normalized spacial score (nSPS) is 16.7. The number of piperazine rings is 1. The lowest BCUT2D eigenvalue weighted by atomic mass is 10.0. The van der Waals surface area contributed by atoms with Gasteiger partial charge in [-0.2, -0.15) is 5.26 Å². The third-order valence-corrected chi connectivity index (χ3v) is 9.24. The van der Waals surface area contributed by atoms with Crippen LogP contribution in [0.4, 0.5) is 5.82 Å². The third-order valence-electron chi connectivity index (χ3n) is 7.86. The molecule has 43 heavy (non-hydrogen) atoms. The molecule has 2 aromatic carbocycles. The molecule has 0 N–H and O–H groups in total. The van der Waals surface area contributed by atoms with Gasteiger partial charge < -0.3 is 9.64 Å². The number of carbonyl (C=O) groups excluding carboxylic acids is 1. The first-order valence-electron chi connectivity index (χ1n) is 14.4. The van der Waals surface area contributed by atoms with E-state index in [0.29, 0.717) is 27.9 Å². The number of rotatable bonds is 9. The molecule has 1 aromatic heterocycles. The van der Waals surface area contributed by atoms with Crippen LogP contribution in [0.25, 0.3) is 6.08 Å². The molecule has 0 radical (unpaired) electrons. The molecule has 2 fully saturated rings. The minimum Gasteiger partial charge on any atom is -0.497 e. The number of nitrogens with zero attached hydrogens (tertiary/aromatic N) is 5. The molecule has 0 spiro atoms. The van der Waals surface area contributed by atoms with Crippen LogP contribution >= 0.6 is 24.0 Å². The van der Waals surface area contributed by atoms with Gasteiger partial charge in [-0.25, -0.2) is 0 Å². The number of amides is 1. The molecule has 5 rings (SSSR count). The van der Waals surface area contributed by atoms with Crippen LogP contribution in [0.2, 0.25) is 0 Å². The smallest absolute Gasteiger partial charge is 0.270 e.